The molecule has 0 amide bonds. The fraction of sp³-hybridized carbons (Fsp3) is 0. The summed E-state index contributed by atoms with van der Waals surface area (Å²) < 4.78 is 0. The quantitative estimate of drug-likeness (QED) is 0.467. The molecule has 4 heavy (non-hydrogen) atoms. The van der Waals surface area contributed by atoms with Crippen molar-refractivity contribution in [1.29, 1.82) is 0 Å². The molecule has 25 valence electrons. The first-order valence-electron chi connectivity index (χ1n) is 0. The summed E-state index contributed by atoms with van der Waals surface area (Å²) in [4.78, 5) is 0. The van der Waals surface area contributed by atoms with Crippen molar-refractivity contribution < 1.29 is 21.1 Å². The molecule has 4 heteroatoms. The number of hydrogen-bond donors (Lipinski definition) is 1. The van der Waals surface area contributed by atoms with Gasteiger partial charge in [0.15, 0.2) is 0 Å². The van der Waals surface area contributed by atoms with Crippen molar-refractivity contribution in [2.45, 2.75) is 0 Å². The minimum absolute atomic E-state index is 0. The molecule has 0 saturated carbocycles. The molecule has 3 radical (unpaired) electrons. The van der Waals surface area contributed by atoms with E-state index in [1.807, 2.05) is 0 Å². The molecular formula is H6BNPW. The summed E-state index contributed by atoms with van der Waals surface area (Å²) in [6, 6.07) is 0. The van der Waals surface area contributed by atoms with E-state index in [2.05, 4.69) is 0 Å². The first kappa shape index (κ1) is 67.6. The first-order valence-corrected chi connectivity index (χ1v) is 0. The van der Waals surface area contributed by atoms with E-state index in [-0.39, 0.29) is 45.5 Å². The van der Waals surface area contributed by atoms with Crippen LogP contribution < -0.4 is 6.15 Å². The van der Waals surface area contributed by atoms with Gasteiger partial charge in [0, 0.05) is 29.5 Å². The van der Waals surface area contributed by atoms with Crippen LogP contribution in [0.1, 0.15) is 0 Å². The maximum atomic E-state index is 0. The molecule has 0 spiro atoms. The molecule has 0 aliphatic heterocycles. The van der Waals surface area contributed by atoms with Gasteiger partial charge in [-0.05, 0) is 0 Å². The standard InChI is InChI=1S/B.H3N.H3P.W/h;2*1H3;. The monoisotopic (exact) mass is 246 g/mol. The molecule has 1 unspecified atom stereocenters. The molecule has 0 saturated heterocycles. The van der Waals surface area contributed by atoms with Gasteiger partial charge in [0.05, 0.1) is 0 Å². The van der Waals surface area contributed by atoms with Crippen LogP contribution in [0.25, 0.3) is 0 Å². The van der Waals surface area contributed by atoms with Gasteiger partial charge in [0.1, 0.15) is 0 Å². The Morgan fingerprint density at radius 1 is 1.00 bits per heavy atom. The summed E-state index contributed by atoms with van der Waals surface area (Å²) in [5.74, 6) is 0. The van der Waals surface area contributed by atoms with E-state index in [9.17, 15) is 0 Å². The average Bonchev–Trinajstić information content (AvgIpc) is 0. The van der Waals surface area contributed by atoms with Crippen molar-refractivity contribution >= 4 is 18.3 Å². The predicted molar refractivity (Wildman–Crippen MR) is 21.9 cm³/mol. The number of hydrogen-bond acceptors (Lipinski definition) is 1. The van der Waals surface area contributed by atoms with Crippen molar-refractivity contribution in [3.05, 3.63) is 0 Å². The Bertz CT molecular complexity index is 8.00. The van der Waals surface area contributed by atoms with Crippen molar-refractivity contribution in [3.8, 4) is 0 Å². The minimum Gasteiger partial charge on any atom is -0.344 e. The van der Waals surface area contributed by atoms with Gasteiger partial charge in [-0.15, -0.1) is 0 Å². The van der Waals surface area contributed by atoms with E-state index < -0.39 is 0 Å². The normalized spacial score (nSPS) is 0. The topological polar surface area (TPSA) is 35.0 Å². The third-order valence-corrected chi connectivity index (χ3v) is 0. The Morgan fingerprint density at radius 3 is 1.00 bits per heavy atom. The van der Waals surface area contributed by atoms with Crippen molar-refractivity contribution in [3.63, 3.8) is 0 Å². The predicted octanol–water partition coefficient (Wildman–Crippen LogP) is -0.163. The molecule has 0 aliphatic carbocycles. The molecular weight excluding hydrogens is 240 g/mol. The van der Waals surface area contributed by atoms with Crippen LogP contribution in [-0.4, -0.2) is 8.41 Å². The largest absolute Gasteiger partial charge is 0.344 e. The van der Waals surface area contributed by atoms with E-state index in [1.54, 1.807) is 0 Å². The summed E-state index contributed by atoms with van der Waals surface area (Å²) in [6.07, 6.45) is 0. The van der Waals surface area contributed by atoms with Gasteiger partial charge in [-0.3, -0.25) is 0 Å². The van der Waals surface area contributed by atoms with Crippen LogP contribution in [0.5, 0.6) is 0 Å². The zero-order valence-electron chi connectivity index (χ0n) is 2.40. The molecule has 0 aromatic heterocycles. The van der Waals surface area contributed by atoms with E-state index in [0.717, 1.165) is 0 Å². The Morgan fingerprint density at radius 2 is 1.00 bits per heavy atom. The molecule has 1 atom stereocenters. The second kappa shape index (κ2) is 31.3. The smallest absolute Gasteiger partial charge is 0 e. The molecule has 0 aromatic carbocycles. The van der Waals surface area contributed by atoms with Crippen LogP contribution in [0.2, 0.25) is 0 Å². The zero-order valence-corrected chi connectivity index (χ0v) is 6.75. The van der Waals surface area contributed by atoms with E-state index in [0.29, 0.717) is 0 Å². The Balaban J connectivity index is 0. The van der Waals surface area contributed by atoms with Crippen LogP contribution in [-0.2, 0) is 21.1 Å². The average molecular weight is 246 g/mol. The van der Waals surface area contributed by atoms with Crippen LogP contribution in [0, 0.1) is 0 Å². The zero-order chi connectivity index (χ0) is 0. The summed E-state index contributed by atoms with van der Waals surface area (Å²) in [6.45, 7) is 0. The maximum Gasteiger partial charge on any atom is 0 e. The minimum atomic E-state index is 0. The van der Waals surface area contributed by atoms with Gasteiger partial charge in [-0.2, -0.15) is 9.90 Å². The van der Waals surface area contributed by atoms with Gasteiger partial charge in [0.2, 0.25) is 0 Å². The van der Waals surface area contributed by atoms with Gasteiger partial charge in [-0.25, -0.2) is 0 Å². The fourth-order valence-corrected chi connectivity index (χ4v) is 0. The molecule has 0 fully saturated rings. The first-order chi connectivity index (χ1) is 0. The van der Waals surface area contributed by atoms with Gasteiger partial charge >= 0.3 is 0 Å². The fourth-order valence-electron chi connectivity index (χ4n) is 0. The summed E-state index contributed by atoms with van der Waals surface area (Å²) >= 11 is 0. The molecule has 0 rings (SSSR count). The molecule has 0 heterocycles. The molecule has 0 aromatic rings. The van der Waals surface area contributed by atoms with Crippen molar-refractivity contribution in [2.24, 2.45) is 0 Å². The maximum absolute atomic E-state index is 0. The van der Waals surface area contributed by atoms with Crippen LogP contribution in [0.15, 0.2) is 0 Å². The summed E-state index contributed by atoms with van der Waals surface area (Å²) in [7, 11) is 0. The SMILES string of the molecule is N.P.[B].[W]. The summed E-state index contributed by atoms with van der Waals surface area (Å²) in [5.41, 5.74) is 0. The molecule has 1 nitrogen and oxygen atoms in total. The van der Waals surface area contributed by atoms with E-state index in [1.165, 1.54) is 0 Å². The molecule has 0 aliphatic rings. The van der Waals surface area contributed by atoms with Crippen molar-refractivity contribution in [2.75, 3.05) is 0 Å². The van der Waals surface area contributed by atoms with Gasteiger partial charge in [0.25, 0.3) is 0 Å². The van der Waals surface area contributed by atoms with Crippen LogP contribution >= 0.6 is 9.90 Å². The van der Waals surface area contributed by atoms with Crippen LogP contribution in [0.3, 0.4) is 0 Å². The van der Waals surface area contributed by atoms with Gasteiger partial charge < -0.3 is 6.15 Å². The Hall–Kier alpha value is 1.14. The third kappa shape index (κ3) is 11.0. The van der Waals surface area contributed by atoms with Gasteiger partial charge in [-0.1, -0.05) is 0 Å². The second-order valence-corrected chi connectivity index (χ2v) is 0. The van der Waals surface area contributed by atoms with E-state index >= 15 is 0 Å². The Kier molecular flexibility index (Phi) is 529. The van der Waals surface area contributed by atoms with Crippen LogP contribution in [0.4, 0.5) is 0 Å². The number of rotatable bonds is 0. The molecule has 3 N–H and O–H groups in total. The third-order valence-electron chi connectivity index (χ3n) is 0. The second-order valence-electron chi connectivity index (χ2n) is 0. The van der Waals surface area contributed by atoms with E-state index in [4.69, 9.17) is 0 Å². The summed E-state index contributed by atoms with van der Waals surface area (Å²) in [5, 5.41) is 0. The van der Waals surface area contributed by atoms with Crippen molar-refractivity contribution in [1.82, 2.24) is 6.15 Å². The Labute approximate surface area is 46.0 Å². The molecule has 0 bridgehead atoms.